The van der Waals surface area contributed by atoms with Crippen LogP contribution in [0.4, 0.5) is 0 Å². The van der Waals surface area contributed by atoms with Crippen molar-refractivity contribution in [2.75, 3.05) is 7.11 Å². The van der Waals surface area contributed by atoms with Gasteiger partial charge in [-0.3, -0.25) is 4.79 Å². The van der Waals surface area contributed by atoms with Gasteiger partial charge in [-0.15, -0.1) is 0 Å². The largest absolute Gasteiger partial charge is 0.496 e. The van der Waals surface area contributed by atoms with E-state index in [2.05, 4.69) is 6.07 Å². The van der Waals surface area contributed by atoms with Gasteiger partial charge in [0.25, 0.3) is 0 Å². The van der Waals surface area contributed by atoms with E-state index in [1.165, 1.54) is 18.4 Å². The standard InChI is InChI=1S/C16H22O3/c1-19-15-10-6-5-9-14(15)13-8-4-2-3-7-12(13)11-16(17)18/h5-6,9-10,12-13H,2-4,7-8,11H2,1H3,(H,17,18). The lowest BCUT2D eigenvalue weighted by molar-refractivity contribution is -0.138. The molecule has 0 spiro atoms. The van der Waals surface area contributed by atoms with Gasteiger partial charge in [-0.05, 0) is 36.3 Å². The lowest BCUT2D eigenvalue weighted by Crippen LogP contribution is -2.16. The van der Waals surface area contributed by atoms with Gasteiger partial charge in [0, 0.05) is 6.42 Å². The van der Waals surface area contributed by atoms with Gasteiger partial charge in [0.1, 0.15) is 5.75 Å². The van der Waals surface area contributed by atoms with E-state index in [4.69, 9.17) is 9.84 Å². The Morgan fingerprint density at radius 3 is 2.74 bits per heavy atom. The number of methoxy groups -OCH3 is 1. The third-order valence-electron chi connectivity index (χ3n) is 4.13. The van der Waals surface area contributed by atoms with Crippen molar-refractivity contribution >= 4 is 5.97 Å². The van der Waals surface area contributed by atoms with E-state index >= 15 is 0 Å². The molecular formula is C16H22O3. The number of hydrogen-bond donors (Lipinski definition) is 1. The van der Waals surface area contributed by atoms with Crippen molar-refractivity contribution in [3.63, 3.8) is 0 Å². The molecule has 0 heterocycles. The van der Waals surface area contributed by atoms with Gasteiger partial charge >= 0.3 is 5.97 Å². The molecule has 1 fully saturated rings. The second-order valence-electron chi connectivity index (χ2n) is 5.34. The smallest absolute Gasteiger partial charge is 0.303 e. The summed E-state index contributed by atoms with van der Waals surface area (Å²) in [5.41, 5.74) is 1.18. The van der Waals surface area contributed by atoms with Crippen molar-refractivity contribution in [1.82, 2.24) is 0 Å². The highest BCUT2D eigenvalue weighted by molar-refractivity contribution is 5.67. The first-order chi connectivity index (χ1) is 9.22. The molecule has 3 nitrogen and oxygen atoms in total. The van der Waals surface area contributed by atoms with Gasteiger partial charge < -0.3 is 9.84 Å². The Morgan fingerprint density at radius 1 is 1.26 bits per heavy atom. The number of carbonyl (C=O) groups is 1. The van der Waals surface area contributed by atoms with E-state index in [1.807, 2.05) is 18.2 Å². The maximum Gasteiger partial charge on any atom is 0.303 e. The molecular weight excluding hydrogens is 240 g/mol. The van der Waals surface area contributed by atoms with E-state index in [0.29, 0.717) is 5.92 Å². The molecule has 0 aromatic heterocycles. The molecule has 2 atom stereocenters. The minimum atomic E-state index is -0.688. The molecule has 1 aliphatic rings. The van der Waals surface area contributed by atoms with Crippen LogP contribution in [0, 0.1) is 5.92 Å². The number of rotatable bonds is 4. The summed E-state index contributed by atoms with van der Waals surface area (Å²) in [4.78, 5) is 11.1. The zero-order valence-corrected chi connectivity index (χ0v) is 11.5. The van der Waals surface area contributed by atoms with Crippen molar-refractivity contribution in [2.24, 2.45) is 5.92 Å². The first kappa shape index (κ1) is 13.9. The molecule has 1 N–H and O–H groups in total. The molecule has 3 heteroatoms. The average Bonchev–Trinajstić information content (AvgIpc) is 2.63. The molecule has 0 saturated heterocycles. The highest BCUT2D eigenvalue weighted by Gasteiger charge is 2.28. The van der Waals surface area contributed by atoms with Crippen LogP contribution in [0.5, 0.6) is 5.75 Å². The van der Waals surface area contributed by atoms with Crippen molar-refractivity contribution in [2.45, 2.75) is 44.4 Å². The number of para-hydroxylation sites is 1. The minimum Gasteiger partial charge on any atom is -0.496 e. The van der Waals surface area contributed by atoms with Crippen LogP contribution in [0.15, 0.2) is 24.3 Å². The summed E-state index contributed by atoms with van der Waals surface area (Å²) in [5, 5.41) is 9.12. The number of benzene rings is 1. The Balaban J connectivity index is 2.28. The second-order valence-corrected chi connectivity index (χ2v) is 5.34. The molecule has 1 aliphatic carbocycles. The van der Waals surface area contributed by atoms with E-state index in [0.717, 1.165) is 25.0 Å². The molecule has 0 bridgehead atoms. The maximum absolute atomic E-state index is 11.1. The number of ether oxygens (including phenoxy) is 1. The summed E-state index contributed by atoms with van der Waals surface area (Å²) in [7, 11) is 1.68. The molecule has 2 rings (SSSR count). The Labute approximate surface area is 114 Å². The lowest BCUT2D eigenvalue weighted by Gasteiger charge is -2.25. The van der Waals surface area contributed by atoms with Crippen LogP contribution in [0.25, 0.3) is 0 Å². The fourth-order valence-corrected chi connectivity index (χ4v) is 3.24. The van der Waals surface area contributed by atoms with Gasteiger partial charge in [-0.1, -0.05) is 37.5 Å². The predicted octanol–water partition coefficient (Wildman–Crippen LogP) is 3.83. The SMILES string of the molecule is COc1ccccc1C1CCCCCC1CC(=O)O. The lowest BCUT2D eigenvalue weighted by atomic mass is 9.80. The summed E-state index contributed by atoms with van der Waals surface area (Å²) in [6.07, 6.45) is 5.88. The average molecular weight is 262 g/mol. The molecule has 0 aliphatic heterocycles. The summed E-state index contributed by atoms with van der Waals surface area (Å²) in [5.74, 6) is 0.752. The molecule has 0 radical (unpaired) electrons. The Kier molecular flexibility index (Phi) is 4.83. The highest BCUT2D eigenvalue weighted by Crippen LogP contribution is 2.41. The van der Waals surface area contributed by atoms with Crippen LogP contribution in [-0.4, -0.2) is 18.2 Å². The molecule has 1 aromatic rings. The van der Waals surface area contributed by atoms with Gasteiger partial charge in [-0.2, -0.15) is 0 Å². The predicted molar refractivity (Wildman–Crippen MR) is 74.6 cm³/mol. The molecule has 104 valence electrons. The fourth-order valence-electron chi connectivity index (χ4n) is 3.24. The van der Waals surface area contributed by atoms with Gasteiger partial charge in [0.2, 0.25) is 0 Å². The normalized spacial score (nSPS) is 23.6. The Bertz CT molecular complexity index is 428. The minimum absolute atomic E-state index is 0.233. The summed E-state index contributed by atoms with van der Waals surface area (Å²) >= 11 is 0. The van der Waals surface area contributed by atoms with Gasteiger partial charge in [0.05, 0.1) is 7.11 Å². The summed E-state index contributed by atoms with van der Waals surface area (Å²) in [6.45, 7) is 0. The quantitative estimate of drug-likeness (QED) is 0.839. The van der Waals surface area contributed by atoms with E-state index in [1.54, 1.807) is 7.11 Å². The Hall–Kier alpha value is -1.51. The van der Waals surface area contributed by atoms with Crippen molar-refractivity contribution in [3.05, 3.63) is 29.8 Å². The first-order valence-electron chi connectivity index (χ1n) is 7.07. The Morgan fingerprint density at radius 2 is 2.00 bits per heavy atom. The van der Waals surface area contributed by atoms with E-state index < -0.39 is 5.97 Å². The third-order valence-corrected chi connectivity index (χ3v) is 4.13. The van der Waals surface area contributed by atoms with Crippen LogP contribution >= 0.6 is 0 Å². The highest BCUT2D eigenvalue weighted by atomic mass is 16.5. The van der Waals surface area contributed by atoms with Crippen molar-refractivity contribution in [1.29, 1.82) is 0 Å². The molecule has 2 unspecified atom stereocenters. The van der Waals surface area contributed by atoms with Gasteiger partial charge in [-0.25, -0.2) is 0 Å². The second kappa shape index (κ2) is 6.60. The first-order valence-corrected chi connectivity index (χ1v) is 7.07. The number of carboxylic acid groups (broad SMARTS) is 1. The zero-order chi connectivity index (χ0) is 13.7. The molecule has 0 amide bonds. The van der Waals surface area contributed by atoms with E-state index in [-0.39, 0.29) is 12.3 Å². The maximum atomic E-state index is 11.1. The number of carboxylic acids is 1. The van der Waals surface area contributed by atoms with Gasteiger partial charge in [0.15, 0.2) is 0 Å². The van der Waals surface area contributed by atoms with Crippen LogP contribution in [0.3, 0.4) is 0 Å². The van der Waals surface area contributed by atoms with Crippen LogP contribution in [-0.2, 0) is 4.79 Å². The monoisotopic (exact) mass is 262 g/mol. The number of hydrogen-bond acceptors (Lipinski definition) is 2. The van der Waals surface area contributed by atoms with Crippen molar-refractivity contribution in [3.8, 4) is 5.75 Å². The summed E-state index contributed by atoms with van der Waals surface area (Å²) < 4.78 is 5.45. The zero-order valence-electron chi connectivity index (χ0n) is 11.5. The number of aliphatic carboxylic acids is 1. The summed E-state index contributed by atoms with van der Waals surface area (Å²) in [6, 6.07) is 8.04. The van der Waals surface area contributed by atoms with Crippen LogP contribution < -0.4 is 4.74 Å². The molecule has 1 saturated carbocycles. The molecule has 1 aromatic carbocycles. The van der Waals surface area contributed by atoms with E-state index in [9.17, 15) is 4.79 Å². The fraction of sp³-hybridized carbons (Fsp3) is 0.562. The molecule has 19 heavy (non-hydrogen) atoms. The third kappa shape index (κ3) is 3.49. The van der Waals surface area contributed by atoms with Crippen LogP contribution in [0.2, 0.25) is 0 Å². The van der Waals surface area contributed by atoms with Crippen LogP contribution in [0.1, 0.15) is 50.0 Å². The van der Waals surface area contributed by atoms with Crippen molar-refractivity contribution < 1.29 is 14.6 Å². The topological polar surface area (TPSA) is 46.5 Å².